The lowest BCUT2D eigenvalue weighted by molar-refractivity contribution is 0.0923. The number of hydrogen-bond donors (Lipinski definition) is 1. The summed E-state index contributed by atoms with van der Waals surface area (Å²) < 4.78 is 5.35. The van der Waals surface area contributed by atoms with E-state index in [1.165, 1.54) is 11.1 Å². The summed E-state index contributed by atoms with van der Waals surface area (Å²) in [6.07, 6.45) is 1.85. The second-order valence-corrected chi connectivity index (χ2v) is 3.25. The molecule has 1 aliphatic heterocycles. The Balaban J connectivity index is 2.56. The van der Waals surface area contributed by atoms with E-state index in [-0.39, 0.29) is 6.04 Å². The maximum atomic E-state index is 5.95. The third kappa shape index (κ3) is 1.39. The third-order valence-electron chi connectivity index (χ3n) is 2.38. The van der Waals surface area contributed by atoms with Gasteiger partial charge in [-0.2, -0.15) is 0 Å². The number of fused-ring (bicyclic) bond motifs is 1. The van der Waals surface area contributed by atoms with Crippen molar-refractivity contribution in [3.8, 4) is 0 Å². The van der Waals surface area contributed by atoms with Crippen LogP contribution < -0.4 is 5.73 Å². The molecule has 2 nitrogen and oxygen atoms in total. The predicted octanol–water partition coefficient (Wildman–Crippen LogP) is 1.86. The summed E-state index contributed by atoms with van der Waals surface area (Å²) in [6.45, 7) is 5.06. The summed E-state index contributed by atoms with van der Waals surface area (Å²) in [6, 6.07) is 6.10. The van der Waals surface area contributed by atoms with Gasteiger partial charge in [0.25, 0.3) is 0 Å². The molecule has 1 aliphatic rings. The average Bonchev–Trinajstić information content (AvgIpc) is 2.17. The number of benzene rings is 1. The first kappa shape index (κ1) is 8.48. The zero-order valence-electron chi connectivity index (χ0n) is 7.49. The molecule has 1 heterocycles. The van der Waals surface area contributed by atoms with Crippen LogP contribution in [0.25, 0.3) is 6.08 Å². The molecule has 0 amide bonds. The molecule has 2 rings (SSSR count). The van der Waals surface area contributed by atoms with Gasteiger partial charge in [-0.25, -0.2) is 0 Å². The van der Waals surface area contributed by atoms with E-state index in [1.807, 2.05) is 18.2 Å². The van der Waals surface area contributed by atoms with Crippen molar-refractivity contribution >= 4 is 6.08 Å². The molecular weight excluding hydrogens is 162 g/mol. The second-order valence-electron chi connectivity index (χ2n) is 3.25. The Morgan fingerprint density at radius 2 is 2.38 bits per heavy atom. The van der Waals surface area contributed by atoms with Crippen LogP contribution in [0.15, 0.2) is 24.8 Å². The number of hydrogen-bond acceptors (Lipinski definition) is 2. The topological polar surface area (TPSA) is 35.2 Å². The first-order chi connectivity index (χ1) is 6.33. The van der Waals surface area contributed by atoms with E-state index in [4.69, 9.17) is 10.5 Å². The minimum absolute atomic E-state index is 0.00190. The van der Waals surface area contributed by atoms with Crippen molar-refractivity contribution in [1.82, 2.24) is 0 Å². The number of ether oxygens (including phenoxy) is 1. The van der Waals surface area contributed by atoms with Crippen LogP contribution in [-0.4, -0.2) is 6.61 Å². The normalized spacial score (nSPS) is 20.8. The molecule has 0 bridgehead atoms. The van der Waals surface area contributed by atoms with Gasteiger partial charge < -0.3 is 10.5 Å². The SMILES string of the molecule is C=Cc1cccc2c1[C@@H](N)COC2. The Bertz CT molecular complexity index is 333. The highest BCUT2D eigenvalue weighted by molar-refractivity contribution is 5.55. The predicted molar refractivity (Wildman–Crippen MR) is 53.1 cm³/mol. The lowest BCUT2D eigenvalue weighted by Crippen LogP contribution is -2.24. The molecule has 1 aromatic carbocycles. The Morgan fingerprint density at radius 3 is 3.15 bits per heavy atom. The molecule has 0 radical (unpaired) electrons. The fourth-order valence-electron chi connectivity index (χ4n) is 1.77. The standard InChI is InChI=1S/C11H13NO/c1-2-8-4-3-5-9-6-13-7-10(12)11(8)9/h2-5,10H,1,6-7,12H2/t10-/m0/s1. The van der Waals surface area contributed by atoms with Crippen molar-refractivity contribution in [3.05, 3.63) is 41.5 Å². The molecular formula is C11H13NO. The van der Waals surface area contributed by atoms with Crippen molar-refractivity contribution < 1.29 is 4.74 Å². The van der Waals surface area contributed by atoms with Gasteiger partial charge in [0.05, 0.1) is 19.3 Å². The highest BCUT2D eigenvalue weighted by Crippen LogP contribution is 2.26. The van der Waals surface area contributed by atoms with Gasteiger partial charge in [0.2, 0.25) is 0 Å². The van der Waals surface area contributed by atoms with Crippen LogP contribution in [0.3, 0.4) is 0 Å². The van der Waals surface area contributed by atoms with E-state index in [0.29, 0.717) is 13.2 Å². The van der Waals surface area contributed by atoms with Crippen LogP contribution in [-0.2, 0) is 11.3 Å². The smallest absolute Gasteiger partial charge is 0.0721 e. The summed E-state index contributed by atoms with van der Waals surface area (Å²) in [5, 5.41) is 0. The van der Waals surface area contributed by atoms with Gasteiger partial charge in [-0.05, 0) is 16.7 Å². The second kappa shape index (κ2) is 3.32. The van der Waals surface area contributed by atoms with Gasteiger partial charge in [-0.3, -0.25) is 0 Å². The zero-order valence-corrected chi connectivity index (χ0v) is 7.49. The van der Waals surface area contributed by atoms with Gasteiger partial charge in [-0.15, -0.1) is 0 Å². The molecule has 2 N–H and O–H groups in total. The summed E-state index contributed by atoms with van der Waals surface area (Å²) in [4.78, 5) is 0. The van der Waals surface area contributed by atoms with E-state index in [2.05, 4.69) is 12.6 Å². The molecule has 0 saturated heterocycles. The maximum Gasteiger partial charge on any atom is 0.0721 e. The van der Waals surface area contributed by atoms with Gasteiger partial charge in [0.15, 0.2) is 0 Å². The fourth-order valence-corrected chi connectivity index (χ4v) is 1.77. The zero-order chi connectivity index (χ0) is 9.26. The Morgan fingerprint density at radius 1 is 1.54 bits per heavy atom. The molecule has 1 aromatic rings. The van der Waals surface area contributed by atoms with Gasteiger partial charge in [0.1, 0.15) is 0 Å². The Labute approximate surface area is 78.0 Å². The first-order valence-corrected chi connectivity index (χ1v) is 4.40. The van der Waals surface area contributed by atoms with Crippen molar-refractivity contribution in [2.45, 2.75) is 12.6 Å². The molecule has 0 spiro atoms. The quantitative estimate of drug-likeness (QED) is 0.707. The van der Waals surface area contributed by atoms with Crippen LogP contribution in [0.2, 0.25) is 0 Å². The van der Waals surface area contributed by atoms with E-state index in [1.54, 1.807) is 0 Å². The summed E-state index contributed by atoms with van der Waals surface area (Å²) in [5.41, 5.74) is 9.47. The molecule has 2 heteroatoms. The molecule has 0 unspecified atom stereocenters. The summed E-state index contributed by atoms with van der Waals surface area (Å²) >= 11 is 0. The van der Waals surface area contributed by atoms with Gasteiger partial charge >= 0.3 is 0 Å². The minimum atomic E-state index is -0.00190. The monoisotopic (exact) mass is 175 g/mol. The number of nitrogens with two attached hydrogens (primary N) is 1. The highest BCUT2D eigenvalue weighted by Gasteiger charge is 2.18. The fraction of sp³-hybridized carbons (Fsp3) is 0.273. The summed E-state index contributed by atoms with van der Waals surface area (Å²) in [7, 11) is 0. The van der Waals surface area contributed by atoms with Crippen LogP contribution in [0.4, 0.5) is 0 Å². The maximum absolute atomic E-state index is 5.95. The van der Waals surface area contributed by atoms with Crippen LogP contribution in [0, 0.1) is 0 Å². The molecule has 0 aliphatic carbocycles. The molecule has 13 heavy (non-hydrogen) atoms. The van der Waals surface area contributed by atoms with E-state index in [9.17, 15) is 0 Å². The van der Waals surface area contributed by atoms with Crippen molar-refractivity contribution in [1.29, 1.82) is 0 Å². The Hall–Kier alpha value is -1.12. The highest BCUT2D eigenvalue weighted by atomic mass is 16.5. The van der Waals surface area contributed by atoms with Crippen LogP contribution in [0.1, 0.15) is 22.7 Å². The van der Waals surface area contributed by atoms with Crippen LogP contribution >= 0.6 is 0 Å². The molecule has 68 valence electrons. The molecule has 0 saturated carbocycles. The molecule has 0 aromatic heterocycles. The van der Waals surface area contributed by atoms with E-state index >= 15 is 0 Å². The van der Waals surface area contributed by atoms with Crippen molar-refractivity contribution in [2.24, 2.45) is 5.73 Å². The summed E-state index contributed by atoms with van der Waals surface area (Å²) in [5.74, 6) is 0. The van der Waals surface area contributed by atoms with E-state index < -0.39 is 0 Å². The largest absolute Gasteiger partial charge is 0.375 e. The third-order valence-corrected chi connectivity index (χ3v) is 2.38. The lowest BCUT2D eigenvalue weighted by Gasteiger charge is -2.24. The van der Waals surface area contributed by atoms with Crippen molar-refractivity contribution in [2.75, 3.05) is 6.61 Å². The molecule has 0 fully saturated rings. The van der Waals surface area contributed by atoms with Crippen LogP contribution in [0.5, 0.6) is 0 Å². The lowest BCUT2D eigenvalue weighted by atomic mass is 9.94. The average molecular weight is 175 g/mol. The molecule has 1 atom stereocenters. The first-order valence-electron chi connectivity index (χ1n) is 4.40. The number of rotatable bonds is 1. The van der Waals surface area contributed by atoms with Crippen molar-refractivity contribution in [3.63, 3.8) is 0 Å². The van der Waals surface area contributed by atoms with Gasteiger partial charge in [-0.1, -0.05) is 30.9 Å². The van der Waals surface area contributed by atoms with Gasteiger partial charge in [0, 0.05) is 0 Å². The Kier molecular flexibility index (Phi) is 2.17. The van der Waals surface area contributed by atoms with E-state index in [0.717, 1.165) is 5.56 Å². The minimum Gasteiger partial charge on any atom is -0.375 e.